The second-order valence-electron chi connectivity index (χ2n) is 8.14. The van der Waals surface area contributed by atoms with E-state index in [0.717, 1.165) is 18.4 Å². The molecule has 1 heterocycles. The lowest BCUT2D eigenvalue weighted by Crippen LogP contribution is -2.45. The minimum atomic E-state index is -0.893. The van der Waals surface area contributed by atoms with Crippen molar-refractivity contribution in [3.63, 3.8) is 0 Å². The average molecular weight is 512 g/mol. The molecule has 0 radical (unpaired) electrons. The average Bonchev–Trinajstić information content (AvgIpc) is 3.38. The molecule has 0 spiro atoms. The smallest absolute Gasteiger partial charge is 0.273 e. The highest BCUT2D eigenvalue weighted by molar-refractivity contribution is 7.98. The zero-order valence-electron chi connectivity index (χ0n) is 19.9. The number of hydrogen-bond acceptors (Lipinski definition) is 8. The fourth-order valence-electron chi connectivity index (χ4n) is 3.29. The first-order chi connectivity index (χ1) is 17.4. The van der Waals surface area contributed by atoms with E-state index >= 15 is 0 Å². The lowest BCUT2D eigenvalue weighted by atomic mass is 10.1. The molecule has 3 rings (SSSR count). The number of aromatic nitrogens is 1. The van der Waals surface area contributed by atoms with Gasteiger partial charge >= 0.3 is 0 Å². The molecule has 190 valence electrons. The number of benzene rings is 2. The Kier molecular flexibility index (Phi) is 10.0. The highest BCUT2D eigenvalue weighted by Gasteiger charge is 2.24. The number of anilines is 1. The maximum Gasteiger partial charge on any atom is 0.273 e. The molecule has 2 aromatic carbocycles. The molecule has 0 aliphatic rings. The Balaban J connectivity index is 1.68. The number of nitro benzene ring substituents is 1. The van der Waals surface area contributed by atoms with Gasteiger partial charge in [0.2, 0.25) is 11.8 Å². The van der Waals surface area contributed by atoms with Gasteiger partial charge in [-0.2, -0.15) is 11.8 Å². The monoisotopic (exact) mass is 511 g/mol. The number of nitrogens with zero attached hydrogens (tertiary/aromatic N) is 2. The van der Waals surface area contributed by atoms with E-state index < -0.39 is 28.8 Å². The van der Waals surface area contributed by atoms with Crippen LogP contribution in [-0.4, -0.2) is 33.5 Å². The molecule has 0 bridgehead atoms. The van der Waals surface area contributed by atoms with Crippen LogP contribution in [0.4, 0.5) is 11.4 Å². The largest absolute Gasteiger partial charge is 0.446 e. The molecular formula is C25H29N5O5S. The number of nitrogens with two attached hydrogens (primary N) is 1. The number of nitro groups is 1. The number of carbonyl (C=O) groups excluding carboxylic acids is 2. The number of nitrogens with one attached hydrogen (secondary N) is 2. The molecule has 36 heavy (non-hydrogen) atoms. The predicted octanol–water partition coefficient (Wildman–Crippen LogP) is 4.44. The number of oxazole rings is 1. The van der Waals surface area contributed by atoms with Crippen molar-refractivity contribution < 1.29 is 18.9 Å². The number of hydrogen-bond donors (Lipinski definition) is 3. The second kappa shape index (κ2) is 13.4. The van der Waals surface area contributed by atoms with E-state index in [2.05, 4.69) is 22.5 Å². The first kappa shape index (κ1) is 26.9. The Labute approximate surface area is 213 Å². The maximum atomic E-state index is 13.0. The summed E-state index contributed by atoms with van der Waals surface area (Å²) in [5.74, 6) is 0.204. The van der Waals surface area contributed by atoms with Gasteiger partial charge in [-0.25, -0.2) is 4.98 Å². The number of non-ortho nitro benzene ring substituents is 1. The van der Waals surface area contributed by atoms with Gasteiger partial charge in [-0.1, -0.05) is 50.1 Å². The molecule has 0 aliphatic carbocycles. The molecule has 1 aromatic heterocycles. The zero-order valence-corrected chi connectivity index (χ0v) is 20.7. The van der Waals surface area contributed by atoms with Crippen LogP contribution in [-0.2, 0) is 10.5 Å². The fourth-order valence-corrected chi connectivity index (χ4v) is 4.31. The van der Waals surface area contributed by atoms with Gasteiger partial charge in [0, 0.05) is 29.3 Å². The van der Waals surface area contributed by atoms with Crippen molar-refractivity contribution in [1.29, 1.82) is 0 Å². The normalized spacial score (nSPS) is 12.5. The van der Waals surface area contributed by atoms with Crippen molar-refractivity contribution in [3.8, 4) is 0 Å². The van der Waals surface area contributed by atoms with E-state index in [1.807, 2.05) is 30.3 Å². The summed E-state index contributed by atoms with van der Waals surface area (Å²) in [6.45, 7) is 2.05. The Morgan fingerprint density at radius 1 is 1.17 bits per heavy atom. The van der Waals surface area contributed by atoms with Crippen LogP contribution in [0.25, 0.3) is 0 Å². The van der Waals surface area contributed by atoms with E-state index in [4.69, 9.17) is 10.2 Å². The summed E-state index contributed by atoms with van der Waals surface area (Å²) in [4.78, 5) is 40.5. The third kappa shape index (κ3) is 7.92. The minimum absolute atomic E-state index is 0.0399. The molecule has 11 heteroatoms. The SMILES string of the molecule is CCCCC(N)c1nc(C(=O)NC(CSCc2ccccc2)C(=O)Nc2ccc([N+](=O)[O-])cc2)co1. The second-order valence-corrected chi connectivity index (χ2v) is 9.17. The van der Waals surface area contributed by atoms with Gasteiger partial charge < -0.3 is 20.8 Å². The van der Waals surface area contributed by atoms with Gasteiger partial charge in [-0.05, 0) is 24.1 Å². The van der Waals surface area contributed by atoms with Crippen LogP contribution < -0.4 is 16.4 Å². The van der Waals surface area contributed by atoms with Crippen molar-refractivity contribution in [2.75, 3.05) is 11.1 Å². The summed E-state index contributed by atoms with van der Waals surface area (Å²) in [6, 6.07) is 13.9. The van der Waals surface area contributed by atoms with E-state index in [0.29, 0.717) is 23.6 Å². The minimum Gasteiger partial charge on any atom is -0.446 e. The van der Waals surface area contributed by atoms with Gasteiger partial charge in [-0.15, -0.1) is 0 Å². The highest BCUT2D eigenvalue weighted by atomic mass is 32.2. The molecule has 4 N–H and O–H groups in total. The Bertz CT molecular complexity index is 1150. The standard InChI is InChI=1S/C25H29N5O5S/c1-2-3-9-20(26)25-29-21(14-35-25)23(31)28-22(16-36-15-17-7-5-4-6-8-17)24(32)27-18-10-12-19(13-11-18)30(33)34/h4-8,10-14,20,22H,2-3,9,15-16,26H2,1H3,(H,27,32)(H,28,31). The third-order valence-electron chi connectivity index (χ3n) is 5.30. The van der Waals surface area contributed by atoms with Gasteiger partial charge in [0.05, 0.1) is 11.0 Å². The number of carbonyl (C=O) groups is 2. The zero-order chi connectivity index (χ0) is 25.9. The third-order valence-corrected chi connectivity index (χ3v) is 6.41. The van der Waals surface area contributed by atoms with Crippen molar-refractivity contribution in [2.45, 2.75) is 44.0 Å². The summed E-state index contributed by atoms with van der Waals surface area (Å²) >= 11 is 1.49. The van der Waals surface area contributed by atoms with Gasteiger partial charge in [0.1, 0.15) is 12.3 Å². The summed E-state index contributed by atoms with van der Waals surface area (Å²) in [7, 11) is 0. The Morgan fingerprint density at radius 2 is 1.89 bits per heavy atom. The highest BCUT2D eigenvalue weighted by Crippen LogP contribution is 2.19. The van der Waals surface area contributed by atoms with Crippen LogP contribution in [0.1, 0.15) is 54.2 Å². The first-order valence-electron chi connectivity index (χ1n) is 11.6. The van der Waals surface area contributed by atoms with Crippen molar-refractivity contribution in [1.82, 2.24) is 10.3 Å². The van der Waals surface area contributed by atoms with Gasteiger partial charge in [0.25, 0.3) is 11.6 Å². The molecule has 0 saturated heterocycles. The molecule has 0 saturated carbocycles. The molecular weight excluding hydrogens is 482 g/mol. The topological polar surface area (TPSA) is 153 Å². The molecule has 0 aliphatic heterocycles. The van der Waals surface area contributed by atoms with Crippen LogP contribution in [0.2, 0.25) is 0 Å². The molecule has 2 unspecified atom stereocenters. The molecule has 10 nitrogen and oxygen atoms in total. The van der Waals surface area contributed by atoms with Crippen LogP contribution in [0.5, 0.6) is 0 Å². The van der Waals surface area contributed by atoms with Crippen molar-refractivity contribution in [2.24, 2.45) is 5.73 Å². The molecule has 3 aromatic rings. The molecule has 2 amide bonds. The van der Waals surface area contributed by atoms with E-state index in [9.17, 15) is 19.7 Å². The van der Waals surface area contributed by atoms with Crippen LogP contribution in [0.15, 0.2) is 65.3 Å². The Hall–Kier alpha value is -3.70. The first-order valence-corrected chi connectivity index (χ1v) is 12.7. The van der Waals surface area contributed by atoms with Crippen LogP contribution >= 0.6 is 11.8 Å². The predicted molar refractivity (Wildman–Crippen MR) is 139 cm³/mol. The number of thioether (sulfide) groups is 1. The van der Waals surface area contributed by atoms with Gasteiger partial charge in [0.15, 0.2) is 5.69 Å². The van der Waals surface area contributed by atoms with Crippen LogP contribution in [0, 0.1) is 10.1 Å². The maximum absolute atomic E-state index is 13.0. The molecule has 2 atom stereocenters. The number of amides is 2. The summed E-state index contributed by atoms with van der Waals surface area (Å²) in [5.41, 5.74) is 7.50. The Morgan fingerprint density at radius 3 is 2.56 bits per heavy atom. The van der Waals surface area contributed by atoms with Crippen LogP contribution in [0.3, 0.4) is 0 Å². The summed E-state index contributed by atoms with van der Waals surface area (Å²) in [5, 5.41) is 16.3. The van der Waals surface area contributed by atoms with E-state index in [1.54, 1.807) is 0 Å². The number of unbranched alkanes of at least 4 members (excludes halogenated alkanes) is 1. The van der Waals surface area contributed by atoms with Crippen molar-refractivity contribution in [3.05, 3.63) is 88.1 Å². The van der Waals surface area contributed by atoms with Gasteiger partial charge in [-0.3, -0.25) is 19.7 Å². The summed E-state index contributed by atoms with van der Waals surface area (Å²) < 4.78 is 5.39. The van der Waals surface area contributed by atoms with E-state index in [-0.39, 0.29) is 17.3 Å². The summed E-state index contributed by atoms with van der Waals surface area (Å²) in [6.07, 6.45) is 3.82. The van der Waals surface area contributed by atoms with E-state index in [1.165, 1.54) is 42.3 Å². The van der Waals surface area contributed by atoms with Crippen molar-refractivity contribution >= 4 is 35.0 Å². The number of rotatable bonds is 13. The lowest BCUT2D eigenvalue weighted by molar-refractivity contribution is -0.384. The fraction of sp³-hybridized carbons (Fsp3) is 0.320. The molecule has 0 fully saturated rings. The quantitative estimate of drug-likeness (QED) is 0.225. The lowest BCUT2D eigenvalue weighted by Gasteiger charge is -2.18.